The number of hydrogen-bond donors (Lipinski definition) is 0. The van der Waals surface area contributed by atoms with Gasteiger partial charge in [-0.1, -0.05) is 97.8 Å². The van der Waals surface area contributed by atoms with Gasteiger partial charge in [-0.05, 0) is 18.3 Å². The van der Waals surface area contributed by atoms with Crippen molar-refractivity contribution in [1.29, 1.82) is 0 Å². The lowest BCUT2D eigenvalue weighted by atomic mass is 9.89. The molecule has 198 valence electrons. The molecule has 0 amide bonds. The average Bonchev–Trinajstić information content (AvgIpc) is 2.73. The van der Waals surface area contributed by atoms with E-state index >= 15 is 0 Å². The number of unbranched alkanes of at least 4 members (excludes halogenated alkanes) is 12. The zero-order valence-corrected chi connectivity index (χ0v) is 21.9. The summed E-state index contributed by atoms with van der Waals surface area (Å²) in [5, 5.41) is 0. The molecular weight excluding hydrogens is 440 g/mol. The molecule has 8 nitrogen and oxygen atoms in total. The van der Waals surface area contributed by atoms with E-state index in [1.165, 1.54) is 57.8 Å². The van der Waals surface area contributed by atoms with Crippen LogP contribution >= 0.6 is 0 Å². The van der Waals surface area contributed by atoms with E-state index in [9.17, 15) is 19.2 Å². The van der Waals surface area contributed by atoms with Crippen molar-refractivity contribution in [2.45, 2.75) is 137 Å². The van der Waals surface area contributed by atoms with Crippen LogP contribution in [-0.2, 0) is 38.4 Å². The first-order chi connectivity index (χ1) is 16.0. The highest BCUT2D eigenvalue weighted by molar-refractivity contribution is 5.82. The standard InChI is InChI=1S/C26H46O8/c1-22(28)32-26(31-21-27,24(30)34-33-23(2)29)20-18-16-14-12-10-8-6-7-9-11-13-15-17-19-25(3,4)5/h21H,6-20H2,1-5H3. The van der Waals surface area contributed by atoms with E-state index in [0.717, 1.165) is 39.5 Å². The molecule has 0 aliphatic heterocycles. The number of ether oxygens (including phenoxy) is 2. The third-order valence-electron chi connectivity index (χ3n) is 5.53. The van der Waals surface area contributed by atoms with Gasteiger partial charge >= 0.3 is 23.7 Å². The summed E-state index contributed by atoms with van der Waals surface area (Å²) < 4.78 is 9.72. The monoisotopic (exact) mass is 486 g/mol. The van der Waals surface area contributed by atoms with Gasteiger partial charge in [-0.25, -0.2) is 19.4 Å². The molecule has 0 spiro atoms. The van der Waals surface area contributed by atoms with Crippen molar-refractivity contribution < 1.29 is 38.4 Å². The van der Waals surface area contributed by atoms with Crippen LogP contribution in [0.25, 0.3) is 0 Å². The maximum absolute atomic E-state index is 12.2. The molecule has 8 heteroatoms. The second kappa shape index (κ2) is 18.2. The molecule has 0 aliphatic carbocycles. The number of carbonyl (C=O) groups excluding carboxylic acids is 4. The van der Waals surface area contributed by atoms with E-state index in [2.05, 4.69) is 30.5 Å². The van der Waals surface area contributed by atoms with Gasteiger partial charge in [0.25, 0.3) is 6.47 Å². The predicted octanol–water partition coefficient (Wildman–Crippen LogP) is 6.34. The van der Waals surface area contributed by atoms with E-state index < -0.39 is 23.7 Å². The van der Waals surface area contributed by atoms with Crippen LogP contribution in [0.2, 0.25) is 0 Å². The van der Waals surface area contributed by atoms with Crippen LogP contribution in [0.1, 0.15) is 131 Å². The van der Waals surface area contributed by atoms with Crippen molar-refractivity contribution in [1.82, 2.24) is 0 Å². The average molecular weight is 487 g/mol. The van der Waals surface area contributed by atoms with E-state index in [4.69, 9.17) is 9.47 Å². The van der Waals surface area contributed by atoms with Crippen molar-refractivity contribution >= 4 is 24.4 Å². The Bertz CT molecular complexity index is 596. The first-order valence-electron chi connectivity index (χ1n) is 12.7. The largest absolute Gasteiger partial charge is 0.439 e. The van der Waals surface area contributed by atoms with Crippen molar-refractivity contribution in [2.24, 2.45) is 5.41 Å². The molecule has 1 unspecified atom stereocenters. The molecule has 0 aliphatic rings. The zero-order chi connectivity index (χ0) is 25.9. The first kappa shape index (κ1) is 31.9. The molecule has 0 saturated heterocycles. The minimum atomic E-state index is -2.25. The third kappa shape index (κ3) is 17.4. The van der Waals surface area contributed by atoms with Crippen molar-refractivity contribution in [3.05, 3.63) is 0 Å². The lowest BCUT2D eigenvalue weighted by molar-refractivity contribution is -0.292. The molecule has 0 aromatic rings. The van der Waals surface area contributed by atoms with Crippen LogP contribution < -0.4 is 0 Å². The normalized spacial score (nSPS) is 13.0. The van der Waals surface area contributed by atoms with Crippen molar-refractivity contribution in [3.8, 4) is 0 Å². The van der Waals surface area contributed by atoms with Gasteiger partial charge in [0.05, 0.1) is 0 Å². The molecule has 0 saturated carbocycles. The maximum Gasteiger partial charge on any atom is 0.439 e. The summed E-state index contributed by atoms with van der Waals surface area (Å²) in [6, 6.07) is 0. The topological polar surface area (TPSA) is 105 Å². The van der Waals surface area contributed by atoms with Gasteiger partial charge in [0.2, 0.25) is 0 Å². The molecule has 0 fully saturated rings. The lowest BCUT2D eigenvalue weighted by Crippen LogP contribution is -2.47. The summed E-state index contributed by atoms with van der Waals surface area (Å²) >= 11 is 0. The molecule has 0 radical (unpaired) electrons. The van der Waals surface area contributed by atoms with E-state index in [1.54, 1.807) is 0 Å². The second-order valence-corrected chi connectivity index (χ2v) is 10.2. The van der Waals surface area contributed by atoms with Crippen LogP contribution in [-0.4, -0.2) is 30.2 Å². The Balaban J connectivity index is 3.99. The fourth-order valence-corrected chi connectivity index (χ4v) is 3.75. The highest BCUT2D eigenvalue weighted by Gasteiger charge is 2.47. The molecular formula is C26H46O8. The predicted molar refractivity (Wildman–Crippen MR) is 128 cm³/mol. The van der Waals surface area contributed by atoms with E-state index in [-0.39, 0.29) is 12.9 Å². The quantitative estimate of drug-likeness (QED) is 0.0520. The van der Waals surface area contributed by atoms with Crippen LogP contribution in [0.3, 0.4) is 0 Å². The first-order valence-corrected chi connectivity index (χ1v) is 12.7. The summed E-state index contributed by atoms with van der Waals surface area (Å²) in [7, 11) is 0. The summed E-state index contributed by atoms with van der Waals surface area (Å²) in [5.41, 5.74) is 0.450. The second-order valence-electron chi connectivity index (χ2n) is 10.2. The number of carbonyl (C=O) groups is 4. The molecule has 0 rings (SSSR count). The van der Waals surface area contributed by atoms with Gasteiger partial charge in [-0.3, -0.25) is 9.59 Å². The minimum Gasteiger partial charge on any atom is -0.414 e. The van der Waals surface area contributed by atoms with Gasteiger partial charge in [0, 0.05) is 20.3 Å². The Morgan fingerprint density at radius 2 is 1.03 bits per heavy atom. The molecule has 1 atom stereocenters. The van der Waals surface area contributed by atoms with Crippen LogP contribution in [0.4, 0.5) is 0 Å². The number of hydrogen-bond acceptors (Lipinski definition) is 8. The summed E-state index contributed by atoms with van der Waals surface area (Å²) in [4.78, 5) is 54.0. The summed E-state index contributed by atoms with van der Waals surface area (Å²) in [6.45, 7) is 9.02. The lowest BCUT2D eigenvalue weighted by Gasteiger charge is -2.27. The molecule has 0 bridgehead atoms. The minimum absolute atomic E-state index is 0.00384. The van der Waals surface area contributed by atoms with E-state index in [1.807, 2.05) is 0 Å². The third-order valence-corrected chi connectivity index (χ3v) is 5.53. The van der Waals surface area contributed by atoms with Gasteiger partial charge in [-0.2, -0.15) is 0 Å². The molecule has 34 heavy (non-hydrogen) atoms. The fraction of sp³-hybridized carbons (Fsp3) is 0.846. The van der Waals surface area contributed by atoms with Gasteiger partial charge in [-0.15, -0.1) is 0 Å². The SMILES string of the molecule is CC(=O)OOC(=O)C(CCCCCCCCCCCCCCCC(C)(C)C)(OC=O)OC(C)=O. The molecule has 0 N–H and O–H groups in total. The molecule has 0 heterocycles. The molecule has 0 aromatic heterocycles. The zero-order valence-electron chi connectivity index (χ0n) is 21.9. The summed E-state index contributed by atoms with van der Waals surface area (Å²) in [5.74, 6) is -5.21. The van der Waals surface area contributed by atoms with Crippen LogP contribution in [0.5, 0.6) is 0 Å². The van der Waals surface area contributed by atoms with E-state index in [0.29, 0.717) is 11.8 Å². The highest BCUT2D eigenvalue weighted by atomic mass is 17.2. The van der Waals surface area contributed by atoms with Crippen LogP contribution in [0.15, 0.2) is 0 Å². The van der Waals surface area contributed by atoms with Crippen molar-refractivity contribution in [2.75, 3.05) is 0 Å². The number of esters is 1. The van der Waals surface area contributed by atoms with Gasteiger partial charge in [0.1, 0.15) is 0 Å². The Hall–Kier alpha value is -2.12. The van der Waals surface area contributed by atoms with Gasteiger partial charge < -0.3 is 9.47 Å². The molecule has 0 aromatic carbocycles. The van der Waals surface area contributed by atoms with Crippen LogP contribution in [0, 0.1) is 5.41 Å². The van der Waals surface area contributed by atoms with Crippen molar-refractivity contribution in [3.63, 3.8) is 0 Å². The highest BCUT2D eigenvalue weighted by Crippen LogP contribution is 2.25. The number of rotatable bonds is 19. The maximum atomic E-state index is 12.2. The smallest absolute Gasteiger partial charge is 0.414 e. The Kier molecular flexibility index (Phi) is 17.1. The summed E-state index contributed by atoms with van der Waals surface area (Å²) in [6.07, 6.45) is 16.0. The Morgan fingerprint density at radius 1 is 0.618 bits per heavy atom. The Labute approximate surface area is 205 Å². The van der Waals surface area contributed by atoms with Gasteiger partial charge in [0.15, 0.2) is 0 Å². The fourth-order valence-electron chi connectivity index (χ4n) is 3.75. The Morgan fingerprint density at radius 3 is 1.38 bits per heavy atom.